The predicted octanol–water partition coefficient (Wildman–Crippen LogP) is 2.96. The van der Waals surface area contributed by atoms with Crippen LogP contribution in [0.1, 0.15) is 44.7 Å². The fourth-order valence-electron chi connectivity index (χ4n) is 2.78. The molecular weight excluding hydrogens is 284 g/mol. The molecule has 0 fully saturated rings. The van der Waals surface area contributed by atoms with Gasteiger partial charge in [-0.05, 0) is 31.5 Å². The molecule has 2 rings (SSSR count). The Morgan fingerprint density at radius 2 is 1.80 bits per heavy atom. The van der Waals surface area contributed by atoms with E-state index in [1.807, 2.05) is 13.8 Å². The van der Waals surface area contributed by atoms with Crippen molar-refractivity contribution in [3.05, 3.63) is 29.3 Å². The molecule has 0 amide bonds. The molecule has 3 nitrogen and oxygen atoms in total. The van der Waals surface area contributed by atoms with E-state index >= 15 is 0 Å². The predicted molar refractivity (Wildman–Crippen MR) is 73.3 cm³/mol. The molecule has 0 bridgehead atoms. The van der Waals surface area contributed by atoms with E-state index in [4.69, 9.17) is 0 Å². The SMILES string of the molecule is CCCNC1c2c(F)ccc(F)c2S(=O)(=O)C1CCC. The molecule has 6 heteroatoms. The first-order valence-electron chi connectivity index (χ1n) is 6.90. The molecular formula is C14H19F2NO2S. The molecule has 1 aromatic carbocycles. The molecule has 0 saturated carbocycles. The molecule has 2 atom stereocenters. The van der Waals surface area contributed by atoms with Crippen LogP contribution in [0.2, 0.25) is 0 Å². The van der Waals surface area contributed by atoms with E-state index in [2.05, 4.69) is 5.32 Å². The van der Waals surface area contributed by atoms with Gasteiger partial charge in [0.15, 0.2) is 9.84 Å². The molecule has 0 aromatic heterocycles. The van der Waals surface area contributed by atoms with Gasteiger partial charge in [-0.25, -0.2) is 17.2 Å². The average molecular weight is 303 g/mol. The van der Waals surface area contributed by atoms with Crippen molar-refractivity contribution in [1.29, 1.82) is 0 Å². The molecule has 112 valence electrons. The molecule has 20 heavy (non-hydrogen) atoms. The standard InChI is InChI=1S/C14H19F2NO2S/c1-3-5-11-13(17-8-4-2)12-9(15)6-7-10(16)14(12)20(11,18)19/h6-7,11,13,17H,3-5,8H2,1-2H3. The minimum atomic E-state index is -3.82. The number of hydrogen-bond acceptors (Lipinski definition) is 3. The zero-order valence-electron chi connectivity index (χ0n) is 11.6. The van der Waals surface area contributed by atoms with Crippen molar-refractivity contribution < 1.29 is 17.2 Å². The number of rotatable bonds is 5. The third-order valence-electron chi connectivity index (χ3n) is 3.65. The number of fused-ring (bicyclic) bond motifs is 1. The number of sulfone groups is 1. The van der Waals surface area contributed by atoms with Crippen molar-refractivity contribution in [2.45, 2.75) is 49.3 Å². The Morgan fingerprint density at radius 3 is 2.40 bits per heavy atom. The molecule has 0 spiro atoms. The van der Waals surface area contributed by atoms with Crippen molar-refractivity contribution >= 4 is 9.84 Å². The van der Waals surface area contributed by atoms with Gasteiger partial charge in [0, 0.05) is 5.56 Å². The zero-order valence-corrected chi connectivity index (χ0v) is 12.4. The molecule has 1 aliphatic rings. The van der Waals surface area contributed by atoms with Crippen LogP contribution in [0.5, 0.6) is 0 Å². The van der Waals surface area contributed by atoms with Gasteiger partial charge >= 0.3 is 0 Å². The molecule has 1 aliphatic heterocycles. The summed E-state index contributed by atoms with van der Waals surface area (Å²) in [5.74, 6) is -1.51. The van der Waals surface area contributed by atoms with Crippen LogP contribution in [-0.2, 0) is 9.84 Å². The van der Waals surface area contributed by atoms with E-state index < -0.39 is 37.7 Å². The van der Waals surface area contributed by atoms with Crippen LogP contribution in [0.4, 0.5) is 8.78 Å². The molecule has 2 unspecified atom stereocenters. The quantitative estimate of drug-likeness (QED) is 0.909. The fraction of sp³-hybridized carbons (Fsp3) is 0.571. The highest BCUT2D eigenvalue weighted by molar-refractivity contribution is 7.92. The van der Waals surface area contributed by atoms with Crippen LogP contribution in [0.3, 0.4) is 0 Å². The van der Waals surface area contributed by atoms with Gasteiger partial charge in [-0.1, -0.05) is 20.3 Å². The van der Waals surface area contributed by atoms with Gasteiger partial charge in [-0.3, -0.25) is 0 Å². The maximum absolute atomic E-state index is 14.0. The first-order valence-corrected chi connectivity index (χ1v) is 8.44. The van der Waals surface area contributed by atoms with Crippen LogP contribution < -0.4 is 5.32 Å². The van der Waals surface area contributed by atoms with Gasteiger partial charge in [0.1, 0.15) is 16.5 Å². The fourth-order valence-corrected chi connectivity index (χ4v) is 5.09. The number of halogens is 2. The summed E-state index contributed by atoms with van der Waals surface area (Å²) in [6.45, 7) is 4.37. The van der Waals surface area contributed by atoms with Gasteiger partial charge in [0.2, 0.25) is 0 Å². The van der Waals surface area contributed by atoms with Gasteiger partial charge < -0.3 is 5.32 Å². The van der Waals surface area contributed by atoms with Crippen LogP contribution >= 0.6 is 0 Å². The zero-order chi connectivity index (χ0) is 14.9. The van der Waals surface area contributed by atoms with E-state index in [1.54, 1.807) is 0 Å². The maximum atomic E-state index is 14.0. The van der Waals surface area contributed by atoms with E-state index in [1.165, 1.54) is 0 Å². The van der Waals surface area contributed by atoms with Crippen molar-refractivity contribution in [3.8, 4) is 0 Å². The normalized spacial score (nSPS) is 23.8. The largest absolute Gasteiger partial charge is 0.309 e. The Kier molecular flexibility index (Phi) is 4.44. The average Bonchev–Trinajstić information content (AvgIpc) is 2.62. The number of hydrogen-bond donors (Lipinski definition) is 1. The second-order valence-electron chi connectivity index (χ2n) is 5.08. The Bertz CT molecular complexity index is 601. The van der Waals surface area contributed by atoms with E-state index in [0.717, 1.165) is 18.6 Å². The van der Waals surface area contributed by atoms with Crippen LogP contribution in [0.25, 0.3) is 0 Å². The van der Waals surface area contributed by atoms with Crippen LogP contribution in [0.15, 0.2) is 17.0 Å². The number of benzene rings is 1. The summed E-state index contributed by atoms with van der Waals surface area (Å²) in [5.41, 5.74) is -0.0306. The lowest BCUT2D eigenvalue weighted by Crippen LogP contribution is -2.32. The summed E-state index contributed by atoms with van der Waals surface area (Å²) in [7, 11) is -3.82. The molecule has 0 radical (unpaired) electrons. The van der Waals surface area contributed by atoms with E-state index in [-0.39, 0.29) is 5.56 Å². The smallest absolute Gasteiger partial charge is 0.186 e. The third kappa shape index (κ3) is 2.35. The Hall–Kier alpha value is -1.01. The summed E-state index contributed by atoms with van der Waals surface area (Å²) < 4.78 is 52.9. The van der Waals surface area contributed by atoms with Gasteiger partial charge in [-0.15, -0.1) is 0 Å². The first-order chi connectivity index (χ1) is 9.45. The van der Waals surface area contributed by atoms with Crippen molar-refractivity contribution in [2.24, 2.45) is 0 Å². The van der Waals surface area contributed by atoms with Crippen LogP contribution in [-0.4, -0.2) is 20.2 Å². The Labute approximate surface area is 118 Å². The van der Waals surface area contributed by atoms with Crippen LogP contribution in [0, 0.1) is 11.6 Å². The van der Waals surface area contributed by atoms with Crippen molar-refractivity contribution in [2.75, 3.05) is 6.54 Å². The van der Waals surface area contributed by atoms with Crippen molar-refractivity contribution in [1.82, 2.24) is 5.32 Å². The van der Waals surface area contributed by atoms with E-state index in [0.29, 0.717) is 19.4 Å². The summed E-state index contributed by atoms with van der Waals surface area (Å²) >= 11 is 0. The lowest BCUT2D eigenvalue weighted by atomic mass is 10.00. The van der Waals surface area contributed by atoms with Gasteiger partial charge in [0.25, 0.3) is 0 Å². The maximum Gasteiger partial charge on any atom is 0.186 e. The lowest BCUT2D eigenvalue weighted by Gasteiger charge is -2.20. The minimum Gasteiger partial charge on any atom is -0.309 e. The summed E-state index contributed by atoms with van der Waals surface area (Å²) in [6, 6.07) is 1.22. The first kappa shape index (κ1) is 15.4. The van der Waals surface area contributed by atoms with E-state index in [9.17, 15) is 17.2 Å². The molecule has 1 heterocycles. The second-order valence-corrected chi connectivity index (χ2v) is 7.18. The minimum absolute atomic E-state index is 0.0306. The Morgan fingerprint density at radius 1 is 1.15 bits per heavy atom. The highest BCUT2D eigenvalue weighted by atomic mass is 32.2. The third-order valence-corrected chi connectivity index (χ3v) is 5.94. The lowest BCUT2D eigenvalue weighted by molar-refractivity contribution is 0.460. The summed E-state index contributed by atoms with van der Waals surface area (Å²) in [6.07, 6.45) is 1.82. The van der Waals surface area contributed by atoms with Gasteiger partial charge in [-0.2, -0.15) is 0 Å². The van der Waals surface area contributed by atoms with Crippen molar-refractivity contribution in [3.63, 3.8) is 0 Å². The molecule has 0 saturated heterocycles. The number of nitrogens with one attached hydrogen (secondary N) is 1. The summed E-state index contributed by atoms with van der Waals surface area (Å²) in [5, 5.41) is 2.27. The molecule has 0 aliphatic carbocycles. The molecule has 1 aromatic rings. The monoisotopic (exact) mass is 303 g/mol. The second kappa shape index (κ2) is 5.77. The highest BCUT2D eigenvalue weighted by Crippen LogP contribution is 2.43. The highest BCUT2D eigenvalue weighted by Gasteiger charge is 2.47. The van der Waals surface area contributed by atoms with Gasteiger partial charge in [0.05, 0.1) is 11.3 Å². The molecule has 1 N–H and O–H groups in total. The Balaban J connectivity index is 2.60. The topological polar surface area (TPSA) is 46.2 Å². The summed E-state index contributed by atoms with van der Waals surface area (Å²) in [4.78, 5) is -0.454.